The van der Waals surface area contributed by atoms with Gasteiger partial charge in [0.25, 0.3) is 0 Å². The second-order valence-corrected chi connectivity index (χ2v) is 6.12. The van der Waals surface area contributed by atoms with Crippen molar-refractivity contribution in [3.8, 4) is 5.69 Å². The number of nitrogens with one attached hydrogen (secondary N) is 1. The summed E-state index contributed by atoms with van der Waals surface area (Å²) in [5, 5.41) is 12.4. The molecule has 3 aromatic rings. The molecule has 2 N–H and O–H groups in total. The van der Waals surface area contributed by atoms with Gasteiger partial charge in [-0.05, 0) is 65.1 Å². The summed E-state index contributed by atoms with van der Waals surface area (Å²) < 4.78 is 17.0. The van der Waals surface area contributed by atoms with E-state index in [1.807, 2.05) is 24.3 Å². The van der Waals surface area contributed by atoms with Crippen LogP contribution in [0.15, 0.2) is 60.9 Å². The monoisotopic (exact) mass is 422 g/mol. The number of hydrogen-bond acceptors (Lipinski definition) is 2. The summed E-state index contributed by atoms with van der Waals surface area (Å²) in [6.07, 6.45) is 3.33. The highest BCUT2D eigenvalue weighted by atomic mass is 127. The van der Waals surface area contributed by atoms with Crippen LogP contribution in [0.4, 0.5) is 15.8 Å². The van der Waals surface area contributed by atoms with Gasteiger partial charge in [-0.3, -0.25) is 0 Å². The zero-order valence-corrected chi connectivity index (χ0v) is 14.0. The van der Waals surface area contributed by atoms with Gasteiger partial charge in [-0.25, -0.2) is 9.18 Å². The second-order valence-electron chi connectivity index (χ2n) is 4.88. The summed E-state index contributed by atoms with van der Waals surface area (Å²) in [4.78, 5) is 11.5. The zero-order valence-electron chi connectivity index (χ0n) is 11.8. The van der Waals surface area contributed by atoms with Gasteiger partial charge in [-0.1, -0.05) is 0 Å². The maximum absolute atomic E-state index is 14.4. The number of rotatable bonds is 4. The number of carboxylic acid groups (broad SMARTS) is 1. The van der Waals surface area contributed by atoms with Gasteiger partial charge in [0.05, 0.1) is 16.9 Å². The summed E-state index contributed by atoms with van der Waals surface area (Å²) in [6, 6.07) is 13.4. The van der Waals surface area contributed by atoms with Crippen molar-refractivity contribution in [2.75, 3.05) is 5.32 Å². The molecule has 2 aromatic carbocycles. The van der Waals surface area contributed by atoms with E-state index in [-0.39, 0.29) is 16.9 Å². The van der Waals surface area contributed by atoms with Crippen LogP contribution in [-0.2, 0) is 0 Å². The lowest BCUT2D eigenvalue weighted by atomic mass is 10.1. The molecule has 1 heterocycles. The number of aromatic carboxylic acids is 1. The van der Waals surface area contributed by atoms with Gasteiger partial charge in [0.15, 0.2) is 0 Å². The Morgan fingerprint density at radius 1 is 1.13 bits per heavy atom. The van der Waals surface area contributed by atoms with E-state index in [0.29, 0.717) is 5.69 Å². The fourth-order valence-electron chi connectivity index (χ4n) is 2.22. The Morgan fingerprint density at radius 2 is 1.78 bits per heavy atom. The first kappa shape index (κ1) is 15.5. The van der Waals surface area contributed by atoms with Gasteiger partial charge in [-0.2, -0.15) is 0 Å². The fraction of sp³-hybridized carbons (Fsp3) is 0. The molecule has 116 valence electrons. The van der Waals surface area contributed by atoms with E-state index in [4.69, 9.17) is 0 Å². The number of hydrogen-bond donors (Lipinski definition) is 2. The molecule has 1 aromatic heterocycles. The molecule has 0 bridgehead atoms. The largest absolute Gasteiger partial charge is 0.478 e. The van der Waals surface area contributed by atoms with Gasteiger partial charge in [0.2, 0.25) is 0 Å². The SMILES string of the molecule is O=C(O)c1cc(-n2cccc2)c(F)cc1Nc1ccc(I)cc1. The quantitative estimate of drug-likeness (QED) is 0.602. The van der Waals surface area contributed by atoms with Crippen molar-refractivity contribution in [3.05, 3.63) is 75.9 Å². The zero-order chi connectivity index (χ0) is 16.4. The second kappa shape index (κ2) is 6.41. The molecule has 0 fully saturated rings. The van der Waals surface area contributed by atoms with E-state index in [1.165, 1.54) is 16.7 Å². The van der Waals surface area contributed by atoms with Crippen molar-refractivity contribution in [2.24, 2.45) is 0 Å². The summed E-state index contributed by atoms with van der Waals surface area (Å²) in [6.45, 7) is 0. The minimum atomic E-state index is -1.12. The van der Waals surface area contributed by atoms with Crippen molar-refractivity contribution >= 4 is 39.9 Å². The minimum absolute atomic E-state index is 0.00801. The molecule has 0 amide bonds. The van der Waals surface area contributed by atoms with Crippen molar-refractivity contribution < 1.29 is 14.3 Å². The Hall–Kier alpha value is -2.35. The number of halogens is 2. The molecule has 0 aliphatic heterocycles. The molecule has 4 nitrogen and oxygen atoms in total. The standard InChI is InChI=1S/C17H12FIN2O2/c18-14-10-15(20-12-5-3-11(19)4-6-12)13(17(22)23)9-16(14)21-7-1-2-8-21/h1-10,20H,(H,22,23). The van der Waals surface area contributed by atoms with Crippen molar-refractivity contribution in [1.82, 2.24) is 4.57 Å². The molecule has 0 aliphatic rings. The highest BCUT2D eigenvalue weighted by Crippen LogP contribution is 2.27. The minimum Gasteiger partial charge on any atom is -0.478 e. The number of carbonyl (C=O) groups is 1. The van der Waals surface area contributed by atoms with E-state index in [9.17, 15) is 14.3 Å². The predicted octanol–water partition coefficient (Wildman–Crippen LogP) is 4.66. The van der Waals surface area contributed by atoms with Gasteiger partial charge in [-0.15, -0.1) is 0 Å². The molecule has 0 saturated carbocycles. The molecular formula is C17H12FIN2O2. The van der Waals surface area contributed by atoms with Crippen LogP contribution < -0.4 is 5.32 Å². The van der Waals surface area contributed by atoms with Gasteiger partial charge < -0.3 is 15.0 Å². The van der Waals surface area contributed by atoms with E-state index in [1.54, 1.807) is 24.5 Å². The average molecular weight is 422 g/mol. The Morgan fingerprint density at radius 3 is 2.39 bits per heavy atom. The lowest BCUT2D eigenvalue weighted by Crippen LogP contribution is -2.06. The van der Waals surface area contributed by atoms with Gasteiger partial charge in [0, 0.05) is 27.7 Å². The molecule has 0 saturated heterocycles. The Kier molecular flexibility index (Phi) is 4.33. The molecule has 0 unspecified atom stereocenters. The lowest BCUT2D eigenvalue weighted by molar-refractivity contribution is 0.0698. The molecule has 0 aliphatic carbocycles. The third kappa shape index (κ3) is 3.37. The first-order valence-electron chi connectivity index (χ1n) is 6.77. The fourth-order valence-corrected chi connectivity index (χ4v) is 2.58. The van der Waals surface area contributed by atoms with Crippen LogP contribution in [-0.4, -0.2) is 15.6 Å². The van der Waals surface area contributed by atoms with E-state index >= 15 is 0 Å². The van der Waals surface area contributed by atoms with Crippen LogP contribution in [0.1, 0.15) is 10.4 Å². The van der Waals surface area contributed by atoms with Crippen molar-refractivity contribution in [2.45, 2.75) is 0 Å². The van der Waals surface area contributed by atoms with E-state index in [0.717, 1.165) is 3.57 Å². The topological polar surface area (TPSA) is 54.3 Å². The summed E-state index contributed by atoms with van der Waals surface area (Å²) >= 11 is 2.18. The molecule has 6 heteroatoms. The maximum Gasteiger partial charge on any atom is 0.337 e. The number of nitrogens with zero attached hydrogens (tertiary/aromatic N) is 1. The van der Waals surface area contributed by atoms with Crippen LogP contribution in [0.2, 0.25) is 0 Å². The number of benzene rings is 2. The number of anilines is 2. The third-order valence-electron chi connectivity index (χ3n) is 3.32. The van der Waals surface area contributed by atoms with Crippen molar-refractivity contribution in [3.63, 3.8) is 0 Å². The smallest absolute Gasteiger partial charge is 0.337 e. The molecular weight excluding hydrogens is 410 g/mol. The van der Waals surface area contributed by atoms with Crippen LogP contribution in [0.25, 0.3) is 5.69 Å². The Bertz CT molecular complexity index is 846. The van der Waals surface area contributed by atoms with Crippen molar-refractivity contribution in [1.29, 1.82) is 0 Å². The normalized spacial score (nSPS) is 10.5. The average Bonchev–Trinajstić information content (AvgIpc) is 3.03. The highest BCUT2D eigenvalue weighted by Gasteiger charge is 2.16. The molecule has 3 rings (SSSR count). The van der Waals surface area contributed by atoms with Crippen LogP contribution in [0.3, 0.4) is 0 Å². The third-order valence-corrected chi connectivity index (χ3v) is 4.04. The molecule has 0 atom stereocenters. The first-order valence-corrected chi connectivity index (χ1v) is 7.85. The number of carboxylic acids is 1. The summed E-state index contributed by atoms with van der Waals surface area (Å²) in [5.41, 5.74) is 1.11. The van der Waals surface area contributed by atoms with Crippen LogP contribution >= 0.6 is 22.6 Å². The lowest BCUT2D eigenvalue weighted by Gasteiger charge is -2.13. The van der Waals surface area contributed by atoms with Crippen LogP contribution in [0, 0.1) is 9.39 Å². The van der Waals surface area contributed by atoms with E-state index < -0.39 is 11.8 Å². The summed E-state index contributed by atoms with van der Waals surface area (Å²) in [5.74, 6) is -1.62. The van der Waals surface area contributed by atoms with Gasteiger partial charge >= 0.3 is 5.97 Å². The first-order chi connectivity index (χ1) is 11.0. The predicted molar refractivity (Wildman–Crippen MR) is 95.1 cm³/mol. The molecule has 0 radical (unpaired) electrons. The van der Waals surface area contributed by atoms with Crippen LogP contribution in [0.5, 0.6) is 0 Å². The Labute approximate surface area is 145 Å². The number of aromatic nitrogens is 1. The molecule has 0 spiro atoms. The highest BCUT2D eigenvalue weighted by molar-refractivity contribution is 14.1. The maximum atomic E-state index is 14.4. The van der Waals surface area contributed by atoms with Gasteiger partial charge in [0.1, 0.15) is 5.82 Å². The molecule has 23 heavy (non-hydrogen) atoms. The summed E-state index contributed by atoms with van der Waals surface area (Å²) in [7, 11) is 0. The van der Waals surface area contributed by atoms with E-state index in [2.05, 4.69) is 27.9 Å². The Balaban J connectivity index is 2.04.